The topological polar surface area (TPSA) is 55.9 Å². The van der Waals surface area contributed by atoms with Crippen LogP contribution in [0.15, 0.2) is 42.5 Å². The largest absolute Gasteiger partial charge is 0.339 e. The van der Waals surface area contributed by atoms with E-state index in [1.807, 2.05) is 43.0 Å². The Morgan fingerprint density at radius 3 is 2.26 bits per heavy atom. The number of anilines is 1. The van der Waals surface area contributed by atoms with Gasteiger partial charge in [0.2, 0.25) is 11.8 Å². The van der Waals surface area contributed by atoms with E-state index in [1.54, 1.807) is 24.1 Å². The molecule has 2 amide bonds. The summed E-state index contributed by atoms with van der Waals surface area (Å²) < 4.78 is 13.8. The lowest BCUT2D eigenvalue weighted by Gasteiger charge is -2.35. The van der Waals surface area contributed by atoms with Gasteiger partial charge < -0.3 is 10.2 Å². The van der Waals surface area contributed by atoms with Crippen LogP contribution in [0, 0.1) is 19.7 Å². The molecule has 0 aromatic heterocycles. The molecule has 6 nitrogen and oxygen atoms in total. The number of aryl methyl sites for hydroxylation is 2. The minimum Gasteiger partial charge on any atom is -0.339 e. The SMILES string of the molecule is Cc1cccc(C)c1NC(=O)CN(C)CC(=O)N1CCN(Cc2ccccc2F)CC1. The Morgan fingerprint density at radius 1 is 0.968 bits per heavy atom. The van der Waals surface area contributed by atoms with Crippen molar-refractivity contribution in [2.45, 2.75) is 20.4 Å². The molecular formula is C24H31FN4O2. The van der Waals surface area contributed by atoms with Gasteiger partial charge in [-0.3, -0.25) is 19.4 Å². The van der Waals surface area contributed by atoms with Gasteiger partial charge in [-0.25, -0.2) is 4.39 Å². The van der Waals surface area contributed by atoms with E-state index in [2.05, 4.69) is 10.2 Å². The fourth-order valence-corrected chi connectivity index (χ4v) is 3.85. The molecule has 2 aromatic carbocycles. The first-order valence-electron chi connectivity index (χ1n) is 10.6. The van der Waals surface area contributed by atoms with Crippen molar-refractivity contribution in [3.8, 4) is 0 Å². The van der Waals surface area contributed by atoms with Gasteiger partial charge >= 0.3 is 0 Å². The van der Waals surface area contributed by atoms with Crippen molar-refractivity contribution >= 4 is 17.5 Å². The average Bonchev–Trinajstić information content (AvgIpc) is 2.73. The van der Waals surface area contributed by atoms with Crippen molar-refractivity contribution in [3.63, 3.8) is 0 Å². The first kappa shape index (κ1) is 22.9. The molecular weight excluding hydrogens is 395 g/mol. The monoisotopic (exact) mass is 426 g/mol. The zero-order valence-corrected chi connectivity index (χ0v) is 18.5. The second-order valence-electron chi connectivity index (χ2n) is 8.24. The van der Waals surface area contributed by atoms with E-state index < -0.39 is 0 Å². The molecule has 0 spiro atoms. The number of rotatable bonds is 7. The van der Waals surface area contributed by atoms with E-state index in [4.69, 9.17) is 0 Å². The number of hydrogen-bond acceptors (Lipinski definition) is 4. The molecule has 1 saturated heterocycles. The van der Waals surface area contributed by atoms with Crippen LogP contribution in [0.2, 0.25) is 0 Å². The quantitative estimate of drug-likeness (QED) is 0.740. The van der Waals surface area contributed by atoms with Crippen LogP contribution in [-0.2, 0) is 16.1 Å². The van der Waals surface area contributed by atoms with Gasteiger partial charge in [-0.2, -0.15) is 0 Å². The van der Waals surface area contributed by atoms with Gasteiger partial charge in [0.05, 0.1) is 13.1 Å². The van der Waals surface area contributed by atoms with Crippen LogP contribution in [0.5, 0.6) is 0 Å². The number of benzene rings is 2. The Morgan fingerprint density at radius 2 is 1.61 bits per heavy atom. The predicted molar refractivity (Wildman–Crippen MR) is 120 cm³/mol. The minimum absolute atomic E-state index is 0.00733. The molecule has 1 aliphatic heterocycles. The molecule has 166 valence electrons. The van der Waals surface area contributed by atoms with Crippen molar-refractivity contribution in [1.82, 2.24) is 14.7 Å². The highest BCUT2D eigenvalue weighted by atomic mass is 19.1. The maximum absolute atomic E-state index is 13.8. The van der Waals surface area contributed by atoms with E-state index in [0.29, 0.717) is 38.3 Å². The highest BCUT2D eigenvalue weighted by Gasteiger charge is 2.23. The maximum atomic E-state index is 13.8. The fourth-order valence-electron chi connectivity index (χ4n) is 3.85. The second kappa shape index (κ2) is 10.5. The van der Waals surface area contributed by atoms with Crippen molar-refractivity contribution in [3.05, 3.63) is 65.0 Å². The summed E-state index contributed by atoms with van der Waals surface area (Å²) >= 11 is 0. The Balaban J connectivity index is 1.43. The van der Waals surface area contributed by atoms with Crippen LogP contribution < -0.4 is 5.32 Å². The Bertz CT molecular complexity index is 905. The molecule has 1 aliphatic rings. The Kier molecular flexibility index (Phi) is 7.76. The summed E-state index contributed by atoms with van der Waals surface area (Å²) in [7, 11) is 1.77. The predicted octanol–water partition coefficient (Wildman–Crippen LogP) is 2.66. The number of hydrogen-bond donors (Lipinski definition) is 1. The lowest BCUT2D eigenvalue weighted by molar-refractivity contribution is -0.134. The van der Waals surface area contributed by atoms with Gasteiger partial charge in [0.25, 0.3) is 0 Å². The van der Waals surface area contributed by atoms with E-state index in [1.165, 1.54) is 6.07 Å². The molecule has 0 aliphatic carbocycles. The molecule has 1 heterocycles. The van der Waals surface area contributed by atoms with E-state index >= 15 is 0 Å². The molecule has 0 saturated carbocycles. The summed E-state index contributed by atoms with van der Waals surface area (Å²) in [6.07, 6.45) is 0. The van der Waals surface area contributed by atoms with Crippen LogP contribution in [0.1, 0.15) is 16.7 Å². The molecule has 0 atom stereocenters. The summed E-state index contributed by atoms with van der Waals surface area (Å²) in [5.74, 6) is -0.322. The highest BCUT2D eigenvalue weighted by Crippen LogP contribution is 2.19. The van der Waals surface area contributed by atoms with Crippen molar-refractivity contribution in [1.29, 1.82) is 0 Å². The van der Waals surface area contributed by atoms with Crippen LogP contribution >= 0.6 is 0 Å². The van der Waals surface area contributed by atoms with Gasteiger partial charge in [-0.15, -0.1) is 0 Å². The molecule has 0 radical (unpaired) electrons. The van der Waals surface area contributed by atoms with Crippen molar-refractivity contribution < 1.29 is 14.0 Å². The molecule has 2 aromatic rings. The summed E-state index contributed by atoms with van der Waals surface area (Å²) in [5, 5.41) is 2.95. The van der Waals surface area contributed by atoms with Crippen LogP contribution in [0.25, 0.3) is 0 Å². The normalized spacial score (nSPS) is 14.7. The standard InChI is InChI=1S/C24H31FN4O2/c1-18-7-6-8-19(2)24(18)26-22(30)16-27(3)17-23(31)29-13-11-28(12-14-29)15-20-9-4-5-10-21(20)25/h4-10H,11-17H2,1-3H3,(H,26,30). The van der Waals surface area contributed by atoms with Crippen LogP contribution in [0.4, 0.5) is 10.1 Å². The van der Waals surface area contributed by atoms with E-state index in [-0.39, 0.29) is 30.7 Å². The zero-order valence-electron chi connectivity index (χ0n) is 18.5. The van der Waals surface area contributed by atoms with Gasteiger partial charge in [-0.1, -0.05) is 36.4 Å². The number of halogens is 1. The summed E-state index contributed by atoms with van der Waals surface area (Å²) in [6, 6.07) is 12.7. The van der Waals surface area contributed by atoms with Gasteiger partial charge in [-0.05, 0) is 38.1 Å². The number of carbonyl (C=O) groups is 2. The number of nitrogens with zero attached hydrogens (tertiary/aromatic N) is 3. The number of nitrogens with one attached hydrogen (secondary N) is 1. The van der Waals surface area contributed by atoms with Crippen LogP contribution in [0.3, 0.4) is 0 Å². The first-order chi connectivity index (χ1) is 14.8. The third-order valence-electron chi connectivity index (χ3n) is 5.64. The van der Waals surface area contributed by atoms with Gasteiger partial charge in [0, 0.05) is 44.0 Å². The smallest absolute Gasteiger partial charge is 0.238 e. The summed E-state index contributed by atoms with van der Waals surface area (Å²) in [6.45, 7) is 7.43. The Hall–Kier alpha value is -2.77. The molecule has 1 fully saturated rings. The minimum atomic E-state index is -0.193. The molecule has 1 N–H and O–H groups in total. The lowest BCUT2D eigenvalue weighted by Crippen LogP contribution is -2.51. The number of amides is 2. The van der Waals surface area contributed by atoms with Crippen LogP contribution in [-0.4, -0.2) is 72.8 Å². The van der Waals surface area contributed by atoms with Crippen molar-refractivity contribution in [2.75, 3.05) is 51.6 Å². The maximum Gasteiger partial charge on any atom is 0.238 e. The van der Waals surface area contributed by atoms with Crippen molar-refractivity contribution in [2.24, 2.45) is 0 Å². The molecule has 0 bridgehead atoms. The summed E-state index contributed by atoms with van der Waals surface area (Å²) in [5.41, 5.74) is 3.54. The highest BCUT2D eigenvalue weighted by molar-refractivity contribution is 5.94. The second-order valence-corrected chi connectivity index (χ2v) is 8.24. The fraction of sp³-hybridized carbons (Fsp3) is 0.417. The third-order valence-corrected chi connectivity index (χ3v) is 5.64. The average molecular weight is 427 g/mol. The molecule has 0 unspecified atom stereocenters. The Labute approximate surface area is 183 Å². The number of para-hydroxylation sites is 1. The third kappa shape index (κ3) is 6.35. The number of carbonyl (C=O) groups excluding carboxylic acids is 2. The first-order valence-corrected chi connectivity index (χ1v) is 10.6. The summed E-state index contributed by atoms with van der Waals surface area (Å²) in [4.78, 5) is 30.8. The molecule has 3 rings (SSSR count). The number of piperazine rings is 1. The van der Waals surface area contributed by atoms with E-state index in [0.717, 1.165) is 16.8 Å². The molecule has 31 heavy (non-hydrogen) atoms. The lowest BCUT2D eigenvalue weighted by atomic mass is 10.1. The van der Waals surface area contributed by atoms with Gasteiger partial charge in [0.1, 0.15) is 5.82 Å². The zero-order chi connectivity index (χ0) is 22.4. The van der Waals surface area contributed by atoms with Gasteiger partial charge in [0.15, 0.2) is 0 Å². The molecule has 7 heteroatoms. The number of likely N-dealkylation sites (N-methyl/N-ethyl adjacent to an activating group) is 1. The van der Waals surface area contributed by atoms with E-state index in [9.17, 15) is 14.0 Å².